The van der Waals surface area contributed by atoms with Crippen molar-refractivity contribution in [3.63, 3.8) is 0 Å². The molecule has 3 heteroatoms. The predicted molar refractivity (Wildman–Crippen MR) is 112 cm³/mol. The summed E-state index contributed by atoms with van der Waals surface area (Å²) < 4.78 is 12.2. The van der Waals surface area contributed by atoms with E-state index in [4.69, 9.17) is 9.47 Å². The third-order valence-corrected chi connectivity index (χ3v) is 4.43. The van der Waals surface area contributed by atoms with E-state index in [1.807, 2.05) is 42.5 Å². The average Bonchev–Trinajstić information content (AvgIpc) is 2.69. The van der Waals surface area contributed by atoms with Gasteiger partial charge >= 0.3 is 0 Å². The van der Waals surface area contributed by atoms with Crippen LogP contribution in [0.4, 0.5) is 5.69 Å². The molecule has 0 bridgehead atoms. The van der Waals surface area contributed by atoms with Gasteiger partial charge in [-0.1, -0.05) is 60.7 Å². The highest BCUT2D eigenvalue weighted by Crippen LogP contribution is 2.26. The van der Waals surface area contributed by atoms with Crippen LogP contribution >= 0.6 is 0 Å². The summed E-state index contributed by atoms with van der Waals surface area (Å²) in [5.41, 5.74) is 4.45. The summed E-state index contributed by atoms with van der Waals surface area (Å²) in [6.45, 7) is 7.48. The SMILES string of the molecule is Cc1cccc(C)c1OC(C)CNc1ccccc1OCc1ccccc1. The highest BCUT2D eigenvalue weighted by molar-refractivity contribution is 5.56. The Balaban J connectivity index is 1.59. The predicted octanol–water partition coefficient (Wildman–Crippen LogP) is 5.76. The molecular weight excluding hydrogens is 334 g/mol. The van der Waals surface area contributed by atoms with Crippen LogP contribution in [0.1, 0.15) is 23.6 Å². The lowest BCUT2D eigenvalue weighted by molar-refractivity contribution is 0.231. The third-order valence-electron chi connectivity index (χ3n) is 4.43. The van der Waals surface area contributed by atoms with Crippen molar-refractivity contribution in [1.29, 1.82) is 0 Å². The van der Waals surface area contributed by atoms with Gasteiger partial charge in [-0.2, -0.15) is 0 Å². The first-order chi connectivity index (χ1) is 13.1. The fourth-order valence-corrected chi connectivity index (χ4v) is 2.96. The van der Waals surface area contributed by atoms with E-state index >= 15 is 0 Å². The lowest BCUT2D eigenvalue weighted by Crippen LogP contribution is -2.23. The molecule has 0 spiro atoms. The first-order valence-electron chi connectivity index (χ1n) is 9.36. The van der Waals surface area contributed by atoms with Gasteiger partial charge in [-0.25, -0.2) is 0 Å². The number of rotatable bonds is 8. The topological polar surface area (TPSA) is 30.5 Å². The number of benzene rings is 3. The number of anilines is 1. The third kappa shape index (κ3) is 5.27. The van der Waals surface area contributed by atoms with Crippen LogP contribution in [0.5, 0.6) is 11.5 Å². The number of hydrogen-bond donors (Lipinski definition) is 1. The van der Waals surface area contributed by atoms with Gasteiger partial charge in [-0.3, -0.25) is 0 Å². The van der Waals surface area contributed by atoms with Gasteiger partial charge in [0.2, 0.25) is 0 Å². The van der Waals surface area contributed by atoms with E-state index in [0.717, 1.165) is 33.9 Å². The minimum absolute atomic E-state index is 0.0342. The van der Waals surface area contributed by atoms with Gasteiger partial charge in [0.25, 0.3) is 0 Å². The molecule has 0 aliphatic carbocycles. The van der Waals surface area contributed by atoms with Gasteiger partial charge in [0.05, 0.1) is 12.2 Å². The standard InChI is InChI=1S/C24H27NO2/c1-18-10-9-11-19(2)24(18)27-20(3)16-25-22-14-7-8-15-23(22)26-17-21-12-5-4-6-13-21/h4-15,20,25H,16-17H2,1-3H3. The van der Waals surface area contributed by atoms with Gasteiger partial charge in [0, 0.05) is 0 Å². The molecule has 0 fully saturated rings. The largest absolute Gasteiger partial charge is 0.488 e. The van der Waals surface area contributed by atoms with E-state index in [-0.39, 0.29) is 6.10 Å². The van der Waals surface area contributed by atoms with E-state index in [1.165, 1.54) is 0 Å². The monoisotopic (exact) mass is 361 g/mol. The van der Waals surface area contributed by atoms with Gasteiger partial charge < -0.3 is 14.8 Å². The molecule has 0 saturated carbocycles. The van der Waals surface area contributed by atoms with E-state index in [2.05, 4.69) is 56.4 Å². The Kier molecular flexibility index (Phi) is 6.37. The fraction of sp³-hybridized carbons (Fsp3) is 0.250. The van der Waals surface area contributed by atoms with Crippen molar-refractivity contribution < 1.29 is 9.47 Å². The molecule has 1 N–H and O–H groups in total. The zero-order chi connectivity index (χ0) is 19.1. The van der Waals surface area contributed by atoms with Gasteiger partial charge in [0.15, 0.2) is 0 Å². The van der Waals surface area contributed by atoms with E-state index < -0.39 is 0 Å². The molecule has 3 aromatic carbocycles. The molecule has 3 rings (SSSR count). The van der Waals surface area contributed by atoms with Crippen LogP contribution in [-0.4, -0.2) is 12.6 Å². The second-order valence-corrected chi connectivity index (χ2v) is 6.80. The molecule has 0 aliphatic heterocycles. The molecular formula is C24H27NO2. The van der Waals surface area contributed by atoms with E-state index in [1.54, 1.807) is 0 Å². The molecule has 0 aliphatic rings. The Morgan fingerprint density at radius 3 is 2.22 bits per heavy atom. The van der Waals surface area contributed by atoms with Crippen molar-refractivity contribution in [2.45, 2.75) is 33.5 Å². The zero-order valence-corrected chi connectivity index (χ0v) is 16.2. The van der Waals surface area contributed by atoms with Gasteiger partial charge in [0.1, 0.15) is 24.2 Å². The van der Waals surface area contributed by atoms with Crippen molar-refractivity contribution in [1.82, 2.24) is 0 Å². The number of aryl methyl sites for hydroxylation is 2. The molecule has 1 unspecified atom stereocenters. The van der Waals surface area contributed by atoms with E-state index in [0.29, 0.717) is 13.2 Å². The second kappa shape index (κ2) is 9.13. The lowest BCUT2D eigenvalue weighted by atomic mass is 10.1. The maximum atomic E-state index is 6.16. The summed E-state index contributed by atoms with van der Waals surface area (Å²) in [6.07, 6.45) is 0.0342. The van der Waals surface area contributed by atoms with Crippen LogP contribution in [0, 0.1) is 13.8 Å². The normalized spacial score (nSPS) is 11.7. The minimum atomic E-state index is 0.0342. The Hall–Kier alpha value is -2.94. The molecule has 3 aromatic rings. The summed E-state index contributed by atoms with van der Waals surface area (Å²) in [5, 5.41) is 3.46. The molecule has 3 nitrogen and oxygen atoms in total. The molecule has 140 valence electrons. The molecule has 27 heavy (non-hydrogen) atoms. The Morgan fingerprint density at radius 1 is 0.815 bits per heavy atom. The Morgan fingerprint density at radius 2 is 1.48 bits per heavy atom. The molecule has 0 heterocycles. The van der Waals surface area contributed by atoms with Crippen molar-refractivity contribution in [3.05, 3.63) is 89.5 Å². The number of para-hydroxylation sites is 3. The smallest absolute Gasteiger partial charge is 0.142 e. The molecule has 0 radical (unpaired) electrons. The number of ether oxygens (including phenoxy) is 2. The van der Waals surface area contributed by atoms with Gasteiger partial charge in [-0.15, -0.1) is 0 Å². The van der Waals surface area contributed by atoms with Crippen LogP contribution in [-0.2, 0) is 6.61 Å². The summed E-state index contributed by atoms with van der Waals surface area (Å²) in [4.78, 5) is 0. The van der Waals surface area contributed by atoms with Crippen LogP contribution in [0.2, 0.25) is 0 Å². The van der Waals surface area contributed by atoms with Crippen molar-refractivity contribution in [2.75, 3.05) is 11.9 Å². The number of hydrogen-bond acceptors (Lipinski definition) is 3. The van der Waals surface area contributed by atoms with E-state index in [9.17, 15) is 0 Å². The molecule has 0 amide bonds. The van der Waals surface area contributed by atoms with Crippen LogP contribution in [0.25, 0.3) is 0 Å². The molecule has 1 atom stereocenters. The Bertz CT molecular complexity index is 841. The number of nitrogens with one attached hydrogen (secondary N) is 1. The maximum Gasteiger partial charge on any atom is 0.142 e. The van der Waals surface area contributed by atoms with Crippen molar-refractivity contribution in [3.8, 4) is 11.5 Å². The van der Waals surface area contributed by atoms with Crippen molar-refractivity contribution >= 4 is 5.69 Å². The fourth-order valence-electron chi connectivity index (χ4n) is 2.96. The van der Waals surface area contributed by atoms with Crippen LogP contribution in [0.3, 0.4) is 0 Å². The maximum absolute atomic E-state index is 6.16. The average molecular weight is 361 g/mol. The lowest BCUT2D eigenvalue weighted by Gasteiger charge is -2.20. The highest BCUT2D eigenvalue weighted by atomic mass is 16.5. The van der Waals surface area contributed by atoms with Crippen LogP contribution < -0.4 is 14.8 Å². The van der Waals surface area contributed by atoms with Gasteiger partial charge in [-0.05, 0) is 49.6 Å². The quantitative estimate of drug-likeness (QED) is 0.553. The minimum Gasteiger partial charge on any atom is -0.488 e. The Labute approximate surface area is 162 Å². The first-order valence-corrected chi connectivity index (χ1v) is 9.36. The summed E-state index contributed by atoms with van der Waals surface area (Å²) in [7, 11) is 0. The first kappa shape index (κ1) is 18.8. The summed E-state index contributed by atoms with van der Waals surface area (Å²) in [6, 6.07) is 24.4. The molecule has 0 aromatic heterocycles. The summed E-state index contributed by atoms with van der Waals surface area (Å²) in [5.74, 6) is 1.82. The summed E-state index contributed by atoms with van der Waals surface area (Å²) >= 11 is 0. The van der Waals surface area contributed by atoms with Crippen molar-refractivity contribution in [2.24, 2.45) is 0 Å². The second-order valence-electron chi connectivity index (χ2n) is 6.80. The zero-order valence-electron chi connectivity index (χ0n) is 16.2. The molecule has 0 saturated heterocycles. The highest BCUT2D eigenvalue weighted by Gasteiger charge is 2.10. The van der Waals surface area contributed by atoms with Crippen LogP contribution in [0.15, 0.2) is 72.8 Å².